The molecule has 0 fully saturated rings. The van der Waals surface area contributed by atoms with Crippen molar-refractivity contribution in [2.45, 2.75) is 20.4 Å². The number of nitrogens with two attached hydrogens (primary N) is 1. The van der Waals surface area contributed by atoms with Crippen LogP contribution in [0.25, 0.3) is 0 Å². The number of hydrogen-bond donors (Lipinski definition) is 1. The van der Waals surface area contributed by atoms with Gasteiger partial charge < -0.3 is 19.9 Å². The van der Waals surface area contributed by atoms with Gasteiger partial charge in [-0.15, -0.1) is 0 Å². The zero-order valence-electron chi connectivity index (χ0n) is 11.7. The molecule has 0 radical (unpaired) electrons. The number of amides is 1. The fourth-order valence-electron chi connectivity index (χ4n) is 1.66. The first-order valence-corrected chi connectivity index (χ1v) is 6.37. The van der Waals surface area contributed by atoms with Crippen LogP contribution in [-0.4, -0.2) is 41.0 Å². The Balaban J connectivity index is 2.74. The highest BCUT2D eigenvalue weighted by Gasteiger charge is 2.17. The number of ether oxygens (including phenoxy) is 1. The maximum Gasteiger partial charge on any atom is 0.325 e. The van der Waals surface area contributed by atoms with Gasteiger partial charge in [0.1, 0.15) is 13.1 Å². The Labute approximate surface area is 116 Å². The molecule has 0 aliphatic carbocycles. The summed E-state index contributed by atoms with van der Waals surface area (Å²) in [6, 6.07) is 2.77. The van der Waals surface area contributed by atoms with Gasteiger partial charge in [0.05, 0.1) is 6.61 Å². The maximum atomic E-state index is 12.1. The number of aromatic nitrogens is 1. The number of esters is 1. The normalized spacial score (nSPS) is 10.1. The van der Waals surface area contributed by atoms with Crippen LogP contribution in [0.3, 0.4) is 0 Å². The number of nitrogen functional groups attached to an aromatic ring is 1. The standard InChI is InChI=1S/C13H19N3O4/c1-3-15(9-13(19)20-4-2)12(18)8-16-7-10(14)5-6-11(16)17/h5-7H,3-4,8-9,14H2,1-2H3. The van der Waals surface area contributed by atoms with Gasteiger partial charge in [0.25, 0.3) is 5.56 Å². The van der Waals surface area contributed by atoms with E-state index in [2.05, 4.69) is 0 Å². The predicted octanol–water partition coefficient (Wildman–Crippen LogP) is -0.158. The predicted molar refractivity (Wildman–Crippen MR) is 74.0 cm³/mol. The Morgan fingerprint density at radius 3 is 2.65 bits per heavy atom. The minimum Gasteiger partial charge on any atom is -0.465 e. The van der Waals surface area contributed by atoms with Crippen LogP contribution in [0.4, 0.5) is 5.69 Å². The van der Waals surface area contributed by atoms with Gasteiger partial charge in [-0.2, -0.15) is 0 Å². The molecule has 0 unspecified atom stereocenters. The molecule has 0 aliphatic heterocycles. The average molecular weight is 281 g/mol. The first-order valence-electron chi connectivity index (χ1n) is 6.37. The third-order valence-electron chi connectivity index (χ3n) is 2.67. The molecular formula is C13H19N3O4. The van der Waals surface area contributed by atoms with Gasteiger partial charge in [0, 0.05) is 24.5 Å². The lowest BCUT2D eigenvalue weighted by atomic mass is 10.4. The zero-order chi connectivity index (χ0) is 15.1. The van der Waals surface area contributed by atoms with E-state index in [9.17, 15) is 14.4 Å². The molecule has 0 spiro atoms. The van der Waals surface area contributed by atoms with E-state index in [-0.39, 0.29) is 31.2 Å². The molecule has 1 rings (SSSR count). The number of anilines is 1. The molecule has 0 saturated heterocycles. The van der Waals surface area contributed by atoms with Crippen LogP contribution in [0.2, 0.25) is 0 Å². The van der Waals surface area contributed by atoms with Crippen LogP contribution in [0.5, 0.6) is 0 Å². The van der Waals surface area contributed by atoms with Gasteiger partial charge >= 0.3 is 5.97 Å². The SMILES string of the molecule is CCOC(=O)CN(CC)C(=O)Cn1cc(N)ccc1=O. The molecule has 1 aromatic rings. The van der Waals surface area contributed by atoms with Crippen LogP contribution in [0, 0.1) is 0 Å². The fourth-order valence-corrected chi connectivity index (χ4v) is 1.66. The monoisotopic (exact) mass is 281 g/mol. The molecule has 1 heterocycles. The van der Waals surface area contributed by atoms with E-state index in [0.29, 0.717) is 12.2 Å². The van der Waals surface area contributed by atoms with Crippen molar-refractivity contribution in [3.8, 4) is 0 Å². The Bertz CT molecular complexity index is 539. The molecule has 0 bridgehead atoms. The Hall–Kier alpha value is -2.31. The second kappa shape index (κ2) is 7.32. The third-order valence-corrected chi connectivity index (χ3v) is 2.67. The first-order chi connectivity index (χ1) is 9.47. The molecule has 20 heavy (non-hydrogen) atoms. The number of carbonyl (C=O) groups is 2. The molecule has 0 saturated carbocycles. The second-order valence-corrected chi connectivity index (χ2v) is 4.14. The first kappa shape index (κ1) is 15.7. The minimum atomic E-state index is -0.470. The summed E-state index contributed by atoms with van der Waals surface area (Å²) in [7, 11) is 0. The summed E-state index contributed by atoms with van der Waals surface area (Å²) < 4.78 is 6.01. The van der Waals surface area contributed by atoms with Crippen LogP contribution >= 0.6 is 0 Å². The van der Waals surface area contributed by atoms with Crippen molar-refractivity contribution in [1.29, 1.82) is 0 Å². The summed E-state index contributed by atoms with van der Waals surface area (Å²) in [4.78, 5) is 36.4. The summed E-state index contributed by atoms with van der Waals surface area (Å²) in [6.45, 7) is 3.78. The quantitative estimate of drug-likeness (QED) is 0.731. The summed E-state index contributed by atoms with van der Waals surface area (Å²) in [5.41, 5.74) is 5.65. The number of pyridine rings is 1. The molecule has 1 amide bonds. The van der Waals surface area contributed by atoms with E-state index < -0.39 is 5.97 Å². The van der Waals surface area contributed by atoms with Crippen LogP contribution in [0.1, 0.15) is 13.8 Å². The van der Waals surface area contributed by atoms with Gasteiger partial charge in [-0.3, -0.25) is 14.4 Å². The lowest BCUT2D eigenvalue weighted by Crippen LogP contribution is -2.39. The summed E-state index contributed by atoms with van der Waals surface area (Å²) in [5, 5.41) is 0. The number of rotatable bonds is 6. The van der Waals surface area contributed by atoms with Gasteiger partial charge in [0.2, 0.25) is 5.91 Å². The lowest BCUT2D eigenvalue weighted by molar-refractivity contribution is -0.149. The van der Waals surface area contributed by atoms with E-state index in [1.165, 1.54) is 27.8 Å². The van der Waals surface area contributed by atoms with Gasteiger partial charge in [-0.05, 0) is 19.9 Å². The van der Waals surface area contributed by atoms with Crippen molar-refractivity contribution in [3.05, 3.63) is 28.7 Å². The number of nitrogens with zero attached hydrogens (tertiary/aromatic N) is 2. The Morgan fingerprint density at radius 1 is 1.35 bits per heavy atom. The van der Waals surface area contributed by atoms with Crippen LogP contribution in [-0.2, 0) is 20.9 Å². The van der Waals surface area contributed by atoms with Crippen LogP contribution in [0.15, 0.2) is 23.1 Å². The number of hydrogen-bond acceptors (Lipinski definition) is 5. The molecule has 0 atom stereocenters. The molecule has 0 aliphatic rings. The molecule has 1 aromatic heterocycles. The van der Waals surface area contributed by atoms with E-state index in [0.717, 1.165) is 0 Å². The van der Waals surface area contributed by atoms with Crippen molar-refractivity contribution >= 4 is 17.6 Å². The number of carbonyl (C=O) groups excluding carboxylic acids is 2. The highest BCUT2D eigenvalue weighted by molar-refractivity contribution is 5.82. The van der Waals surface area contributed by atoms with Crippen molar-refractivity contribution in [2.24, 2.45) is 0 Å². The lowest BCUT2D eigenvalue weighted by Gasteiger charge is -2.20. The van der Waals surface area contributed by atoms with E-state index in [4.69, 9.17) is 10.5 Å². The largest absolute Gasteiger partial charge is 0.465 e. The van der Waals surface area contributed by atoms with Gasteiger partial charge in [-0.25, -0.2) is 0 Å². The van der Waals surface area contributed by atoms with Crippen molar-refractivity contribution in [1.82, 2.24) is 9.47 Å². The maximum absolute atomic E-state index is 12.1. The van der Waals surface area contributed by atoms with Crippen molar-refractivity contribution in [2.75, 3.05) is 25.4 Å². The zero-order valence-corrected chi connectivity index (χ0v) is 11.7. The summed E-state index contributed by atoms with van der Waals surface area (Å²) in [6.07, 6.45) is 1.40. The molecule has 110 valence electrons. The molecule has 7 nitrogen and oxygen atoms in total. The van der Waals surface area contributed by atoms with Gasteiger partial charge in [0.15, 0.2) is 0 Å². The fraction of sp³-hybridized carbons (Fsp3) is 0.462. The summed E-state index contributed by atoms with van der Waals surface area (Å²) >= 11 is 0. The molecule has 2 N–H and O–H groups in total. The van der Waals surface area contributed by atoms with E-state index in [1.807, 2.05) is 0 Å². The third kappa shape index (κ3) is 4.42. The Kier molecular flexibility index (Phi) is 5.76. The van der Waals surface area contributed by atoms with E-state index >= 15 is 0 Å². The van der Waals surface area contributed by atoms with Crippen molar-refractivity contribution in [3.63, 3.8) is 0 Å². The van der Waals surface area contributed by atoms with Crippen molar-refractivity contribution < 1.29 is 14.3 Å². The topological polar surface area (TPSA) is 94.6 Å². The van der Waals surface area contributed by atoms with Crippen LogP contribution < -0.4 is 11.3 Å². The molecule has 0 aromatic carbocycles. The highest BCUT2D eigenvalue weighted by atomic mass is 16.5. The number of likely N-dealkylation sites (N-methyl/N-ethyl adjacent to an activating group) is 1. The Morgan fingerprint density at radius 2 is 2.05 bits per heavy atom. The smallest absolute Gasteiger partial charge is 0.325 e. The second-order valence-electron chi connectivity index (χ2n) is 4.14. The molecular weight excluding hydrogens is 262 g/mol. The highest BCUT2D eigenvalue weighted by Crippen LogP contribution is 1.99. The van der Waals surface area contributed by atoms with Gasteiger partial charge in [-0.1, -0.05) is 0 Å². The van der Waals surface area contributed by atoms with E-state index in [1.54, 1.807) is 13.8 Å². The minimum absolute atomic E-state index is 0.125. The molecule has 7 heteroatoms. The summed E-state index contributed by atoms with van der Waals surface area (Å²) in [5.74, 6) is -0.809. The average Bonchev–Trinajstić information content (AvgIpc) is 2.40.